The van der Waals surface area contributed by atoms with Crippen LogP contribution in [-0.4, -0.2) is 43.6 Å². The molecule has 2 unspecified atom stereocenters. The Bertz CT molecular complexity index is 442. The third-order valence-corrected chi connectivity index (χ3v) is 3.86. The van der Waals surface area contributed by atoms with E-state index in [9.17, 15) is 5.11 Å². The van der Waals surface area contributed by atoms with E-state index in [1.54, 1.807) is 0 Å². The van der Waals surface area contributed by atoms with E-state index in [1.807, 2.05) is 12.1 Å². The van der Waals surface area contributed by atoms with Gasteiger partial charge in [0.1, 0.15) is 0 Å². The van der Waals surface area contributed by atoms with Crippen molar-refractivity contribution in [3.05, 3.63) is 28.8 Å². The number of ether oxygens (including phenoxy) is 1. The molecule has 4 nitrogen and oxygen atoms in total. The second-order valence-electron chi connectivity index (χ2n) is 5.19. The molecule has 1 fully saturated rings. The van der Waals surface area contributed by atoms with Crippen LogP contribution in [0.15, 0.2) is 18.2 Å². The molecule has 0 amide bonds. The Hall–Kier alpha value is -0.810. The first-order valence-corrected chi connectivity index (χ1v) is 7.51. The molecule has 0 radical (unpaired) electrons. The largest absolute Gasteiger partial charge is 0.394 e. The predicted octanol–water partition coefficient (Wildman–Crippen LogP) is 2.04. The van der Waals surface area contributed by atoms with Crippen molar-refractivity contribution in [3.8, 4) is 0 Å². The summed E-state index contributed by atoms with van der Waals surface area (Å²) in [4.78, 5) is 2.30. The number of aliphatic hydroxyl groups is 1. The quantitative estimate of drug-likeness (QED) is 0.873. The second kappa shape index (κ2) is 7.27. The zero-order valence-electron chi connectivity index (χ0n) is 12.1. The molecule has 2 rings (SSSR count). The summed E-state index contributed by atoms with van der Waals surface area (Å²) >= 11 is 6.12. The summed E-state index contributed by atoms with van der Waals surface area (Å²) in [5.41, 5.74) is 2.36. The lowest BCUT2D eigenvalue weighted by Gasteiger charge is -2.40. The summed E-state index contributed by atoms with van der Waals surface area (Å²) < 4.78 is 5.60. The van der Waals surface area contributed by atoms with Gasteiger partial charge in [-0.25, -0.2) is 0 Å². The molecule has 1 heterocycles. The summed E-state index contributed by atoms with van der Waals surface area (Å²) in [5.74, 6) is 0. The molecular formula is C15H23ClN2O2. The fourth-order valence-corrected chi connectivity index (χ4v) is 2.69. The zero-order chi connectivity index (χ0) is 14.5. The van der Waals surface area contributed by atoms with Gasteiger partial charge in [0, 0.05) is 29.8 Å². The molecule has 112 valence electrons. The highest BCUT2D eigenvalue weighted by Gasteiger charge is 2.27. The third-order valence-electron chi connectivity index (χ3n) is 3.63. The number of hydrogen-bond acceptors (Lipinski definition) is 4. The lowest BCUT2D eigenvalue weighted by Crippen LogP contribution is -2.50. The van der Waals surface area contributed by atoms with Gasteiger partial charge in [-0.1, -0.05) is 18.5 Å². The number of anilines is 1. The van der Waals surface area contributed by atoms with E-state index in [4.69, 9.17) is 16.3 Å². The van der Waals surface area contributed by atoms with Crippen LogP contribution in [0.4, 0.5) is 5.69 Å². The van der Waals surface area contributed by atoms with Crippen molar-refractivity contribution >= 4 is 17.3 Å². The molecule has 1 aliphatic heterocycles. The van der Waals surface area contributed by atoms with Gasteiger partial charge >= 0.3 is 0 Å². The second-order valence-corrected chi connectivity index (χ2v) is 5.63. The van der Waals surface area contributed by atoms with Gasteiger partial charge in [-0.3, -0.25) is 0 Å². The number of benzene rings is 1. The Balaban J connectivity index is 2.24. The van der Waals surface area contributed by atoms with Crippen LogP contribution in [0.1, 0.15) is 19.4 Å². The van der Waals surface area contributed by atoms with Crippen LogP contribution in [0.2, 0.25) is 5.02 Å². The smallest absolute Gasteiger partial charge is 0.0981 e. The molecular weight excluding hydrogens is 276 g/mol. The molecule has 20 heavy (non-hydrogen) atoms. The highest BCUT2D eigenvalue weighted by molar-refractivity contribution is 6.30. The van der Waals surface area contributed by atoms with Crippen LogP contribution >= 0.6 is 11.6 Å². The summed E-state index contributed by atoms with van der Waals surface area (Å²) in [6.45, 7) is 7.33. The zero-order valence-corrected chi connectivity index (χ0v) is 12.9. The average Bonchev–Trinajstić information content (AvgIpc) is 2.46. The van der Waals surface area contributed by atoms with Crippen LogP contribution in [0.5, 0.6) is 0 Å². The van der Waals surface area contributed by atoms with Gasteiger partial charge in [0.05, 0.1) is 19.3 Å². The molecule has 0 aliphatic carbocycles. The van der Waals surface area contributed by atoms with Crippen molar-refractivity contribution in [1.29, 1.82) is 0 Å². The maximum atomic E-state index is 9.31. The van der Waals surface area contributed by atoms with Crippen LogP contribution in [0.3, 0.4) is 0 Å². The Morgan fingerprint density at radius 1 is 1.50 bits per heavy atom. The lowest BCUT2D eigenvalue weighted by molar-refractivity contribution is -0.0103. The van der Waals surface area contributed by atoms with E-state index < -0.39 is 0 Å². The molecule has 2 atom stereocenters. The molecule has 1 saturated heterocycles. The highest BCUT2D eigenvalue weighted by Crippen LogP contribution is 2.28. The summed E-state index contributed by atoms with van der Waals surface area (Å²) in [6.07, 6.45) is -0.117. The van der Waals surface area contributed by atoms with E-state index in [1.165, 1.54) is 11.3 Å². The highest BCUT2D eigenvalue weighted by atomic mass is 35.5. The summed E-state index contributed by atoms with van der Waals surface area (Å²) in [7, 11) is 0. The normalized spacial score (nSPS) is 23.1. The minimum atomic E-state index is -0.117. The van der Waals surface area contributed by atoms with E-state index in [0.29, 0.717) is 19.2 Å². The number of halogens is 1. The van der Waals surface area contributed by atoms with Gasteiger partial charge in [0.2, 0.25) is 0 Å². The predicted molar refractivity (Wildman–Crippen MR) is 82.5 cm³/mol. The molecule has 0 aromatic heterocycles. The van der Waals surface area contributed by atoms with E-state index in [-0.39, 0.29) is 12.7 Å². The van der Waals surface area contributed by atoms with Gasteiger partial charge < -0.3 is 20.1 Å². The van der Waals surface area contributed by atoms with Crippen molar-refractivity contribution in [2.24, 2.45) is 0 Å². The first-order valence-electron chi connectivity index (χ1n) is 7.14. The fourth-order valence-electron chi connectivity index (χ4n) is 2.50. The molecule has 0 spiro atoms. The molecule has 0 bridgehead atoms. The first-order chi connectivity index (χ1) is 9.65. The summed E-state index contributed by atoms with van der Waals surface area (Å²) in [6, 6.07) is 6.28. The summed E-state index contributed by atoms with van der Waals surface area (Å²) in [5, 5.41) is 13.4. The van der Waals surface area contributed by atoms with Crippen LogP contribution < -0.4 is 10.2 Å². The Labute approximate surface area is 125 Å². The Kier molecular flexibility index (Phi) is 5.66. The minimum Gasteiger partial charge on any atom is -0.394 e. The third kappa shape index (κ3) is 3.64. The number of nitrogens with one attached hydrogen (secondary N) is 1. The molecule has 1 aliphatic rings. The number of nitrogens with zero attached hydrogens (tertiary/aromatic N) is 1. The molecule has 0 saturated carbocycles. The maximum Gasteiger partial charge on any atom is 0.0981 e. The molecule has 2 N–H and O–H groups in total. The van der Waals surface area contributed by atoms with Crippen molar-refractivity contribution in [2.75, 3.05) is 31.2 Å². The van der Waals surface area contributed by atoms with Gasteiger partial charge in [0.15, 0.2) is 0 Å². The van der Waals surface area contributed by atoms with Crippen molar-refractivity contribution in [2.45, 2.75) is 32.5 Å². The maximum absolute atomic E-state index is 9.31. The monoisotopic (exact) mass is 298 g/mol. The van der Waals surface area contributed by atoms with E-state index in [0.717, 1.165) is 18.1 Å². The molecule has 1 aromatic rings. The van der Waals surface area contributed by atoms with Gasteiger partial charge in [0.25, 0.3) is 0 Å². The first kappa shape index (κ1) is 15.6. The Morgan fingerprint density at radius 3 is 3.00 bits per heavy atom. The van der Waals surface area contributed by atoms with Gasteiger partial charge in [-0.05, 0) is 37.2 Å². The number of aliphatic hydroxyl groups excluding tert-OH is 1. The van der Waals surface area contributed by atoms with Gasteiger partial charge in [-0.15, -0.1) is 0 Å². The number of hydrogen-bond donors (Lipinski definition) is 2. The van der Waals surface area contributed by atoms with Crippen LogP contribution in [0.25, 0.3) is 0 Å². The molecule has 5 heteroatoms. The SMILES string of the molecule is CCNCc1cc(Cl)ccc1N1CC(CO)OCC1C. The number of rotatable bonds is 5. The van der Waals surface area contributed by atoms with Crippen LogP contribution in [-0.2, 0) is 11.3 Å². The number of morpholine rings is 1. The van der Waals surface area contributed by atoms with Crippen molar-refractivity contribution in [1.82, 2.24) is 5.32 Å². The van der Waals surface area contributed by atoms with Crippen LogP contribution in [0, 0.1) is 0 Å². The minimum absolute atomic E-state index is 0.0549. The van der Waals surface area contributed by atoms with E-state index in [2.05, 4.69) is 30.1 Å². The van der Waals surface area contributed by atoms with Crippen molar-refractivity contribution in [3.63, 3.8) is 0 Å². The van der Waals surface area contributed by atoms with E-state index >= 15 is 0 Å². The van der Waals surface area contributed by atoms with Crippen molar-refractivity contribution < 1.29 is 9.84 Å². The van der Waals surface area contributed by atoms with Gasteiger partial charge in [-0.2, -0.15) is 0 Å². The standard InChI is InChI=1S/C15H23ClN2O2/c1-3-17-7-12-6-13(16)4-5-15(12)18-8-14(9-19)20-10-11(18)2/h4-6,11,14,17,19H,3,7-10H2,1-2H3. The average molecular weight is 299 g/mol. The topological polar surface area (TPSA) is 44.7 Å². The Morgan fingerprint density at radius 2 is 2.30 bits per heavy atom. The molecule has 1 aromatic carbocycles. The lowest BCUT2D eigenvalue weighted by atomic mass is 10.1. The fraction of sp³-hybridized carbons (Fsp3) is 0.600.